The molecule has 0 aromatic heterocycles. The SMILES string of the molecule is Cc1c(Cl)cccc1NC(=S)N/N=C\c1c(Cl)cccc1Cl. The van der Waals surface area contributed by atoms with Gasteiger partial charge < -0.3 is 5.32 Å². The third-order valence-corrected chi connectivity index (χ3v) is 4.14. The number of benzene rings is 2. The topological polar surface area (TPSA) is 36.4 Å². The zero-order valence-corrected chi connectivity index (χ0v) is 14.6. The van der Waals surface area contributed by atoms with E-state index >= 15 is 0 Å². The molecule has 0 amide bonds. The van der Waals surface area contributed by atoms with Crippen LogP contribution in [0.4, 0.5) is 5.69 Å². The molecular weight excluding hydrogens is 361 g/mol. The Morgan fingerprint density at radius 2 is 1.64 bits per heavy atom. The van der Waals surface area contributed by atoms with Crippen LogP contribution >= 0.6 is 47.0 Å². The minimum Gasteiger partial charge on any atom is -0.331 e. The Kier molecular flexibility index (Phi) is 6.03. The first-order valence-electron chi connectivity index (χ1n) is 6.28. The normalized spacial score (nSPS) is 10.7. The van der Waals surface area contributed by atoms with Gasteiger partial charge in [0, 0.05) is 16.3 Å². The van der Waals surface area contributed by atoms with E-state index in [2.05, 4.69) is 15.8 Å². The number of hydrogen-bond acceptors (Lipinski definition) is 2. The van der Waals surface area contributed by atoms with Gasteiger partial charge in [-0.3, -0.25) is 5.43 Å². The van der Waals surface area contributed by atoms with E-state index in [4.69, 9.17) is 47.0 Å². The lowest BCUT2D eigenvalue weighted by Crippen LogP contribution is -2.24. The van der Waals surface area contributed by atoms with E-state index in [1.54, 1.807) is 18.2 Å². The summed E-state index contributed by atoms with van der Waals surface area (Å²) in [6, 6.07) is 10.8. The zero-order valence-electron chi connectivity index (χ0n) is 11.5. The molecule has 2 aromatic carbocycles. The van der Waals surface area contributed by atoms with Crippen LogP contribution in [0.15, 0.2) is 41.5 Å². The fourth-order valence-corrected chi connectivity index (χ4v) is 2.51. The molecule has 0 heterocycles. The van der Waals surface area contributed by atoms with Crippen LogP contribution in [0.3, 0.4) is 0 Å². The number of nitrogens with one attached hydrogen (secondary N) is 2. The summed E-state index contributed by atoms with van der Waals surface area (Å²) in [6.45, 7) is 1.90. The predicted octanol–water partition coefficient (Wildman–Crippen LogP) is 5.28. The van der Waals surface area contributed by atoms with E-state index in [9.17, 15) is 0 Å². The highest BCUT2D eigenvalue weighted by atomic mass is 35.5. The number of hydrazone groups is 1. The first kappa shape index (κ1) is 17.0. The summed E-state index contributed by atoms with van der Waals surface area (Å²) in [5, 5.41) is 9.09. The maximum atomic E-state index is 6.05. The van der Waals surface area contributed by atoms with E-state index in [-0.39, 0.29) is 0 Å². The van der Waals surface area contributed by atoms with Crippen LogP contribution in [0.25, 0.3) is 0 Å². The van der Waals surface area contributed by atoms with Crippen molar-refractivity contribution < 1.29 is 0 Å². The van der Waals surface area contributed by atoms with E-state index in [1.165, 1.54) is 6.21 Å². The summed E-state index contributed by atoms with van der Waals surface area (Å²) in [7, 11) is 0. The van der Waals surface area contributed by atoms with Gasteiger partial charge >= 0.3 is 0 Å². The fourth-order valence-electron chi connectivity index (χ4n) is 1.68. The monoisotopic (exact) mass is 371 g/mol. The molecular formula is C15H12Cl3N3S. The molecule has 0 atom stereocenters. The smallest absolute Gasteiger partial charge is 0.191 e. The molecule has 0 bridgehead atoms. The minimum atomic E-state index is 0.338. The Bertz CT molecular complexity index is 712. The van der Waals surface area contributed by atoms with Crippen LogP contribution in [0.5, 0.6) is 0 Å². The average Bonchev–Trinajstić information content (AvgIpc) is 2.47. The van der Waals surface area contributed by atoms with Crippen molar-refractivity contribution in [3.8, 4) is 0 Å². The van der Waals surface area contributed by atoms with Crippen molar-refractivity contribution in [2.75, 3.05) is 5.32 Å². The summed E-state index contributed by atoms with van der Waals surface area (Å²) in [5.41, 5.74) is 5.06. The number of halogens is 3. The zero-order chi connectivity index (χ0) is 16.1. The van der Waals surface area contributed by atoms with Gasteiger partial charge in [0.05, 0.1) is 16.3 Å². The second-order valence-electron chi connectivity index (χ2n) is 4.37. The highest BCUT2D eigenvalue weighted by Gasteiger charge is 2.04. The number of rotatable bonds is 3. The first-order valence-corrected chi connectivity index (χ1v) is 7.82. The lowest BCUT2D eigenvalue weighted by Gasteiger charge is -2.10. The highest BCUT2D eigenvalue weighted by Crippen LogP contribution is 2.23. The number of hydrogen-bond donors (Lipinski definition) is 2. The van der Waals surface area contributed by atoms with Crippen molar-refractivity contribution in [1.29, 1.82) is 0 Å². The van der Waals surface area contributed by atoms with Gasteiger partial charge in [-0.1, -0.05) is 46.9 Å². The summed E-state index contributed by atoms with van der Waals surface area (Å²) >= 11 is 23.3. The van der Waals surface area contributed by atoms with Crippen molar-refractivity contribution >= 4 is 64.0 Å². The largest absolute Gasteiger partial charge is 0.331 e. The molecule has 2 N–H and O–H groups in total. The second-order valence-corrected chi connectivity index (χ2v) is 6.00. The molecule has 2 rings (SSSR count). The van der Waals surface area contributed by atoms with Gasteiger partial charge in [-0.15, -0.1) is 0 Å². The first-order chi connectivity index (χ1) is 10.5. The molecule has 0 radical (unpaired) electrons. The Morgan fingerprint density at radius 1 is 1.05 bits per heavy atom. The van der Waals surface area contributed by atoms with Crippen LogP contribution in [-0.2, 0) is 0 Å². The molecule has 22 heavy (non-hydrogen) atoms. The van der Waals surface area contributed by atoms with Gasteiger partial charge in [0.2, 0.25) is 0 Å². The van der Waals surface area contributed by atoms with E-state index in [1.807, 2.05) is 25.1 Å². The second kappa shape index (κ2) is 7.79. The van der Waals surface area contributed by atoms with Gasteiger partial charge in [0.25, 0.3) is 0 Å². The average molecular weight is 373 g/mol. The third kappa shape index (κ3) is 4.34. The van der Waals surface area contributed by atoms with Crippen molar-refractivity contribution in [3.63, 3.8) is 0 Å². The number of anilines is 1. The Hall–Kier alpha value is -1.33. The van der Waals surface area contributed by atoms with Gasteiger partial charge in [-0.05, 0) is 49.0 Å². The molecule has 0 fully saturated rings. The molecule has 114 valence electrons. The number of thiocarbonyl (C=S) groups is 1. The summed E-state index contributed by atoms with van der Waals surface area (Å²) in [4.78, 5) is 0. The molecule has 0 aliphatic heterocycles. The molecule has 3 nitrogen and oxygen atoms in total. The van der Waals surface area contributed by atoms with Gasteiger partial charge in [0.1, 0.15) is 0 Å². The number of nitrogens with zero attached hydrogens (tertiary/aromatic N) is 1. The Balaban J connectivity index is 2.01. The Morgan fingerprint density at radius 3 is 2.32 bits per heavy atom. The van der Waals surface area contributed by atoms with Crippen molar-refractivity contribution in [1.82, 2.24) is 5.43 Å². The molecule has 0 saturated heterocycles. The summed E-state index contributed by atoms with van der Waals surface area (Å²) in [5.74, 6) is 0. The lowest BCUT2D eigenvalue weighted by molar-refractivity contribution is 1.05. The molecule has 0 spiro atoms. The van der Waals surface area contributed by atoms with Gasteiger partial charge in [-0.2, -0.15) is 5.10 Å². The van der Waals surface area contributed by atoms with Gasteiger partial charge in [0.15, 0.2) is 5.11 Å². The maximum Gasteiger partial charge on any atom is 0.191 e. The van der Waals surface area contributed by atoms with Crippen LogP contribution in [-0.4, -0.2) is 11.3 Å². The van der Waals surface area contributed by atoms with Crippen LogP contribution < -0.4 is 10.7 Å². The van der Waals surface area contributed by atoms with Crippen molar-refractivity contribution in [2.45, 2.75) is 6.92 Å². The quantitative estimate of drug-likeness (QED) is 0.437. The Labute approximate surface area is 149 Å². The molecule has 7 heteroatoms. The van der Waals surface area contributed by atoms with Gasteiger partial charge in [-0.25, -0.2) is 0 Å². The van der Waals surface area contributed by atoms with E-state index < -0.39 is 0 Å². The summed E-state index contributed by atoms with van der Waals surface area (Å²) < 4.78 is 0. The standard InChI is InChI=1S/C15H12Cl3N3S/c1-9-11(16)4-3-7-14(9)20-15(22)21-19-8-10-12(17)5-2-6-13(10)18/h2-8H,1H3,(H2,20,21,22)/b19-8-. The molecule has 0 unspecified atom stereocenters. The van der Waals surface area contributed by atoms with Crippen LogP contribution in [0.1, 0.15) is 11.1 Å². The summed E-state index contributed by atoms with van der Waals surface area (Å²) in [6.07, 6.45) is 1.52. The maximum absolute atomic E-state index is 6.05. The molecule has 0 aliphatic carbocycles. The van der Waals surface area contributed by atoms with Crippen LogP contribution in [0, 0.1) is 6.92 Å². The lowest BCUT2D eigenvalue weighted by atomic mass is 10.2. The van der Waals surface area contributed by atoms with E-state index in [0.717, 1.165) is 11.3 Å². The molecule has 2 aromatic rings. The van der Waals surface area contributed by atoms with Crippen LogP contribution in [0.2, 0.25) is 15.1 Å². The molecule has 0 saturated carbocycles. The van der Waals surface area contributed by atoms with E-state index in [0.29, 0.717) is 25.7 Å². The fraction of sp³-hybridized carbons (Fsp3) is 0.0667. The highest BCUT2D eigenvalue weighted by molar-refractivity contribution is 7.80. The van der Waals surface area contributed by atoms with Crippen molar-refractivity contribution in [3.05, 3.63) is 62.6 Å². The van der Waals surface area contributed by atoms with Crippen molar-refractivity contribution in [2.24, 2.45) is 5.10 Å². The third-order valence-electron chi connectivity index (χ3n) is 2.88. The minimum absolute atomic E-state index is 0.338. The predicted molar refractivity (Wildman–Crippen MR) is 99.6 cm³/mol. The molecule has 0 aliphatic rings.